The molecule has 1 spiro atoms. The number of hydrogen-bond acceptors (Lipinski definition) is 4. The first-order chi connectivity index (χ1) is 11.5. The Morgan fingerprint density at radius 1 is 1.17 bits per heavy atom. The summed E-state index contributed by atoms with van der Waals surface area (Å²) in [6.45, 7) is 6.70. The predicted octanol–water partition coefficient (Wildman–Crippen LogP) is 2.98. The molecular formula is C19H24FN3O. The number of pyridine rings is 1. The molecule has 0 N–H and O–H groups in total. The molecule has 0 amide bonds. The highest BCUT2D eigenvalue weighted by molar-refractivity contribution is 5.92. The average Bonchev–Trinajstić information content (AvgIpc) is 2.55. The van der Waals surface area contributed by atoms with E-state index in [0.29, 0.717) is 0 Å². The van der Waals surface area contributed by atoms with Gasteiger partial charge >= 0.3 is 0 Å². The van der Waals surface area contributed by atoms with Crippen LogP contribution in [0, 0.1) is 12.7 Å². The molecule has 5 heteroatoms. The molecule has 2 fully saturated rings. The number of hydrogen-bond donors (Lipinski definition) is 0. The Hall–Kier alpha value is -1.72. The number of anilines is 1. The van der Waals surface area contributed by atoms with Crippen molar-refractivity contribution in [1.82, 2.24) is 9.88 Å². The maximum Gasteiger partial charge on any atom is 0.124 e. The minimum absolute atomic E-state index is 0.00731. The molecule has 2 aromatic rings. The lowest BCUT2D eigenvalue weighted by molar-refractivity contribution is -0.115. The van der Waals surface area contributed by atoms with E-state index in [2.05, 4.69) is 27.9 Å². The summed E-state index contributed by atoms with van der Waals surface area (Å²) in [6, 6.07) is 6.93. The number of likely N-dealkylation sites (N-methyl/N-ethyl adjacent to an activating group) is 1. The van der Waals surface area contributed by atoms with Crippen LogP contribution in [0.1, 0.15) is 18.5 Å². The molecule has 4 rings (SSSR count). The summed E-state index contributed by atoms with van der Waals surface area (Å²) in [5, 5.41) is 0.901. The standard InChI is InChI=1S/C19H24FN3O/c1-14-11-18(16-12-15(20)3-4-17(16)21-14)23-7-5-19(6-8-23)13-22(2)9-10-24-19/h3-4,11-12H,5-10,13H2,1-2H3. The van der Waals surface area contributed by atoms with E-state index in [4.69, 9.17) is 4.74 Å². The van der Waals surface area contributed by atoms with E-state index in [1.54, 1.807) is 12.1 Å². The fraction of sp³-hybridized carbons (Fsp3) is 0.526. The third-order valence-electron chi connectivity index (χ3n) is 5.33. The van der Waals surface area contributed by atoms with Crippen LogP contribution in [0.2, 0.25) is 0 Å². The maximum atomic E-state index is 13.7. The SMILES string of the molecule is Cc1cc(N2CCC3(CC2)CN(C)CCO3)c2cc(F)ccc2n1. The summed E-state index contributed by atoms with van der Waals surface area (Å²) in [4.78, 5) is 9.26. The average molecular weight is 329 g/mol. The van der Waals surface area contributed by atoms with E-state index in [0.717, 1.165) is 67.9 Å². The van der Waals surface area contributed by atoms with Crippen molar-refractivity contribution in [3.63, 3.8) is 0 Å². The molecule has 1 aromatic carbocycles. The summed E-state index contributed by atoms with van der Waals surface area (Å²) in [6.07, 6.45) is 2.02. The normalized spacial score (nSPS) is 21.5. The molecule has 0 radical (unpaired) electrons. The zero-order chi connectivity index (χ0) is 16.7. The minimum Gasteiger partial charge on any atom is -0.372 e. The van der Waals surface area contributed by atoms with Crippen molar-refractivity contribution in [2.24, 2.45) is 0 Å². The van der Waals surface area contributed by atoms with Gasteiger partial charge in [0, 0.05) is 42.9 Å². The summed E-state index contributed by atoms with van der Waals surface area (Å²) in [5.74, 6) is -0.208. The number of morpholine rings is 1. The molecule has 0 bridgehead atoms. The van der Waals surface area contributed by atoms with Crippen molar-refractivity contribution in [3.05, 3.63) is 35.8 Å². The van der Waals surface area contributed by atoms with Gasteiger partial charge in [0.05, 0.1) is 17.7 Å². The molecule has 128 valence electrons. The second-order valence-electron chi connectivity index (χ2n) is 7.20. The number of nitrogens with zero attached hydrogens (tertiary/aromatic N) is 3. The number of ether oxygens (including phenoxy) is 1. The largest absolute Gasteiger partial charge is 0.372 e. The van der Waals surface area contributed by atoms with Crippen LogP contribution in [0.4, 0.5) is 10.1 Å². The van der Waals surface area contributed by atoms with Gasteiger partial charge in [-0.25, -0.2) is 4.39 Å². The van der Waals surface area contributed by atoms with E-state index in [9.17, 15) is 4.39 Å². The first-order valence-electron chi connectivity index (χ1n) is 8.69. The molecule has 1 aromatic heterocycles. The fourth-order valence-electron chi connectivity index (χ4n) is 4.06. The first-order valence-corrected chi connectivity index (χ1v) is 8.69. The number of aromatic nitrogens is 1. The van der Waals surface area contributed by atoms with Gasteiger partial charge in [-0.05, 0) is 51.1 Å². The highest BCUT2D eigenvalue weighted by atomic mass is 19.1. The molecule has 2 aliphatic rings. The Morgan fingerprint density at radius 2 is 1.96 bits per heavy atom. The molecule has 2 saturated heterocycles. The summed E-state index contributed by atoms with van der Waals surface area (Å²) in [5.41, 5.74) is 2.92. The van der Waals surface area contributed by atoms with Gasteiger partial charge in [0.15, 0.2) is 0 Å². The van der Waals surface area contributed by atoms with Crippen molar-refractivity contribution in [1.29, 1.82) is 0 Å². The topological polar surface area (TPSA) is 28.6 Å². The van der Waals surface area contributed by atoms with Crippen molar-refractivity contribution in [2.75, 3.05) is 44.7 Å². The van der Waals surface area contributed by atoms with Crippen LogP contribution >= 0.6 is 0 Å². The first kappa shape index (κ1) is 15.8. The van der Waals surface area contributed by atoms with Crippen LogP contribution in [-0.4, -0.2) is 55.3 Å². The number of benzene rings is 1. The third-order valence-corrected chi connectivity index (χ3v) is 5.33. The molecule has 0 aliphatic carbocycles. The lowest BCUT2D eigenvalue weighted by Crippen LogP contribution is -2.56. The summed E-state index contributed by atoms with van der Waals surface area (Å²) >= 11 is 0. The van der Waals surface area contributed by atoms with Crippen molar-refractivity contribution in [2.45, 2.75) is 25.4 Å². The van der Waals surface area contributed by atoms with Gasteiger partial charge in [0.1, 0.15) is 5.82 Å². The zero-order valence-electron chi connectivity index (χ0n) is 14.4. The summed E-state index contributed by atoms with van der Waals surface area (Å²) < 4.78 is 19.9. The molecule has 0 saturated carbocycles. The molecular weight excluding hydrogens is 305 g/mol. The Morgan fingerprint density at radius 3 is 2.71 bits per heavy atom. The predicted molar refractivity (Wildman–Crippen MR) is 94.1 cm³/mol. The quantitative estimate of drug-likeness (QED) is 0.804. The number of halogens is 1. The molecule has 3 heterocycles. The van der Waals surface area contributed by atoms with Crippen molar-refractivity contribution < 1.29 is 9.13 Å². The zero-order valence-corrected chi connectivity index (χ0v) is 14.4. The van der Waals surface area contributed by atoms with E-state index >= 15 is 0 Å². The number of rotatable bonds is 1. The van der Waals surface area contributed by atoms with Gasteiger partial charge in [-0.3, -0.25) is 4.98 Å². The van der Waals surface area contributed by atoms with Crippen LogP contribution in [0.5, 0.6) is 0 Å². The smallest absolute Gasteiger partial charge is 0.124 e. The molecule has 4 nitrogen and oxygen atoms in total. The highest BCUT2D eigenvalue weighted by Crippen LogP contribution is 2.35. The van der Waals surface area contributed by atoms with Gasteiger partial charge < -0.3 is 14.5 Å². The van der Waals surface area contributed by atoms with Gasteiger partial charge in [0.2, 0.25) is 0 Å². The molecule has 0 unspecified atom stereocenters. The third kappa shape index (κ3) is 2.87. The second kappa shape index (κ2) is 5.97. The molecule has 0 atom stereocenters. The Kier molecular flexibility index (Phi) is 3.93. The number of piperidine rings is 1. The van der Waals surface area contributed by atoms with Crippen LogP contribution in [0.15, 0.2) is 24.3 Å². The van der Waals surface area contributed by atoms with Gasteiger partial charge in [-0.2, -0.15) is 0 Å². The van der Waals surface area contributed by atoms with Gasteiger partial charge in [-0.1, -0.05) is 0 Å². The van der Waals surface area contributed by atoms with Gasteiger partial charge in [0.25, 0.3) is 0 Å². The van der Waals surface area contributed by atoms with Gasteiger partial charge in [-0.15, -0.1) is 0 Å². The Labute approximate surface area is 142 Å². The summed E-state index contributed by atoms with van der Waals surface area (Å²) in [7, 11) is 2.17. The van der Waals surface area contributed by atoms with E-state index in [1.165, 1.54) is 6.07 Å². The van der Waals surface area contributed by atoms with Crippen molar-refractivity contribution >= 4 is 16.6 Å². The maximum absolute atomic E-state index is 13.7. The highest BCUT2D eigenvalue weighted by Gasteiger charge is 2.39. The lowest BCUT2D eigenvalue weighted by atomic mass is 9.89. The van der Waals surface area contributed by atoms with Crippen LogP contribution in [0.3, 0.4) is 0 Å². The number of fused-ring (bicyclic) bond motifs is 1. The molecule has 24 heavy (non-hydrogen) atoms. The lowest BCUT2D eigenvalue weighted by Gasteiger charge is -2.47. The Balaban J connectivity index is 1.61. The van der Waals surface area contributed by atoms with Crippen LogP contribution < -0.4 is 4.90 Å². The monoisotopic (exact) mass is 329 g/mol. The van der Waals surface area contributed by atoms with Crippen LogP contribution in [-0.2, 0) is 4.74 Å². The number of aryl methyl sites for hydroxylation is 1. The van der Waals surface area contributed by atoms with E-state index < -0.39 is 0 Å². The minimum atomic E-state index is -0.208. The van der Waals surface area contributed by atoms with E-state index in [1.807, 2.05) is 6.92 Å². The van der Waals surface area contributed by atoms with Crippen molar-refractivity contribution in [3.8, 4) is 0 Å². The Bertz CT molecular complexity index is 756. The van der Waals surface area contributed by atoms with Crippen LogP contribution in [0.25, 0.3) is 10.9 Å². The van der Waals surface area contributed by atoms with E-state index in [-0.39, 0.29) is 11.4 Å². The fourth-order valence-corrected chi connectivity index (χ4v) is 4.06. The molecule has 2 aliphatic heterocycles. The second-order valence-corrected chi connectivity index (χ2v) is 7.20.